The van der Waals surface area contributed by atoms with E-state index in [1.807, 2.05) is 48.5 Å². The minimum Gasteiger partial charge on any atom is -0.480 e. The average Bonchev–Trinajstić information content (AvgIpc) is 3.55. The van der Waals surface area contributed by atoms with Crippen molar-refractivity contribution < 1.29 is 52.5 Å². The topological polar surface area (TPSA) is 176 Å². The fourth-order valence-electron chi connectivity index (χ4n) is 7.90. The van der Waals surface area contributed by atoms with Gasteiger partial charge in [0.15, 0.2) is 26.8 Å². The summed E-state index contributed by atoms with van der Waals surface area (Å²) in [4.78, 5) is 62.4. The molecule has 0 saturated carbocycles. The second-order valence-corrected chi connectivity index (χ2v) is 19.8. The maximum Gasteiger partial charge on any atom is 0.407 e. The average molecular weight is 741 g/mol. The van der Waals surface area contributed by atoms with Crippen LogP contribution >= 0.6 is 0 Å². The van der Waals surface area contributed by atoms with Gasteiger partial charge in [-0.1, -0.05) is 90.1 Å². The number of amides is 2. The molecule has 5 atom stereocenters. The molecular formula is C38H52N2O11Si. The Labute approximate surface area is 306 Å². The first kappa shape index (κ1) is 40.5. The van der Waals surface area contributed by atoms with Gasteiger partial charge in [-0.25, -0.2) is 9.59 Å². The van der Waals surface area contributed by atoms with E-state index in [2.05, 4.69) is 52.2 Å². The van der Waals surface area contributed by atoms with Gasteiger partial charge in [0, 0.05) is 26.2 Å². The monoisotopic (exact) mass is 740 g/mol. The number of hydrogen-bond acceptors (Lipinski definition) is 10. The van der Waals surface area contributed by atoms with E-state index in [9.17, 15) is 29.1 Å². The number of alkyl carbamates (subject to hydrolysis) is 1. The maximum atomic E-state index is 13.2. The Morgan fingerprint density at radius 2 is 1.31 bits per heavy atom. The highest BCUT2D eigenvalue weighted by molar-refractivity contribution is 6.77. The molecule has 1 heterocycles. The third-order valence-electron chi connectivity index (χ3n) is 10.0. The van der Waals surface area contributed by atoms with Crippen molar-refractivity contribution in [1.82, 2.24) is 10.6 Å². The number of rotatable bonds is 16. The Bertz CT molecular complexity index is 1550. The number of carboxylic acids is 1. The summed E-state index contributed by atoms with van der Waals surface area (Å²) in [6.07, 6.45) is -5.91. The molecule has 0 unspecified atom stereocenters. The molecule has 2 aromatic rings. The van der Waals surface area contributed by atoms with Crippen molar-refractivity contribution in [2.24, 2.45) is 0 Å². The molecular weight excluding hydrogens is 689 g/mol. The minimum atomic E-state index is -2.38. The quantitative estimate of drug-likeness (QED) is 0.110. The molecule has 0 spiro atoms. The van der Waals surface area contributed by atoms with Gasteiger partial charge >= 0.3 is 24.0 Å². The van der Waals surface area contributed by atoms with Crippen LogP contribution in [0.3, 0.4) is 0 Å². The summed E-state index contributed by atoms with van der Waals surface area (Å²) in [5, 5.41) is 14.9. The van der Waals surface area contributed by atoms with Gasteiger partial charge in [-0.2, -0.15) is 0 Å². The van der Waals surface area contributed by atoms with Crippen LogP contribution in [0.4, 0.5) is 4.79 Å². The highest BCUT2D eigenvalue weighted by Gasteiger charge is 2.52. The molecule has 1 aliphatic heterocycles. The van der Waals surface area contributed by atoms with Crippen LogP contribution < -0.4 is 10.6 Å². The summed E-state index contributed by atoms with van der Waals surface area (Å²) in [6, 6.07) is 14.2. The van der Waals surface area contributed by atoms with Crippen molar-refractivity contribution in [3.05, 3.63) is 59.7 Å². The Hall–Kier alpha value is -4.27. The Morgan fingerprint density at radius 1 is 0.788 bits per heavy atom. The van der Waals surface area contributed by atoms with Gasteiger partial charge in [-0.05, 0) is 45.3 Å². The number of carbonyl (C=O) groups is 5. The van der Waals surface area contributed by atoms with Crippen LogP contribution in [0, 0.1) is 0 Å². The lowest BCUT2D eigenvalue weighted by molar-refractivity contribution is -0.165. The van der Waals surface area contributed by atoms with E-state index in [4.69, 9.17) is 23.4 Å². The molecule has 0 bridgehead atoms. The van der Waals surface area contributed by atoms with Gasteiger partial charge in [-0.15, -0.1) is 0 Å². The Morgan fingerprint density at radius 3 is 1.81 bits per heavy atom. The normalized spacial score (nSPS) is 20.3. The zero-order valence-electron chi connectivity index (χ0n) is 31.2. The number of benzene rings is 2. The number of fused-ring (bicyclic) bond motifs is 3. The molecule has 4 rings (SSSR count). The summed E-state index contributed by atoms with van der Waals surface area (Å²) < 4.78 is 29.4. The van der Waals surface area contributed by atoms with Crippen molar-refractivity contribution >= 4 is 38.2 Å². The van der Waals surface area contributed by atoms with E-state index in [1.54, 1.807) is 0 Å². The van der Waals surface area contributed by atoms with Crippen LogP contribution in [0.2, 0.25) is 16.6 Å². The predicted molar refractivity (Wildman–Crippen MR) is 194 cm³/mol. The molecule has 14 heteroatoms. The summed E-state index contributed by atoms with van der Waals surface area (Å²) in [5.41, 5.74) is 4.89. The highest BCUT2D eigenvalue weighted by Crippen LogP contribution is 2.45. The summed E-state index contributed by atoms with van der Waals surface area (Å²) in [5.74, 6) is -3.52. The fraction of sp³-hybridized carbons (Fsp3) is 0.553. The van der Waals surface area contributed by atoms with Crippen LogP contribution in [0.25, 0.3) is 11.1 Å². The molecule has 1 fully saturated rings. The number of carbonyl (C=O) groups excluding carboxylic acids is 4. The summed E-state index contributed by atoms with van der Waals surface area (Å²) in [7, 11) is -2.38. The third-order valence-corrected chi connectivity index (χ3v) is 16.1. The lowest BCUT2D eigenvalue weighted by atomic mass is 9.98. The number of aliphatic carboxylic acids is 1. The zero-order valence-corrected chi connectivity index (χ0v) is 32.2. The number of ether oxygens (including phenoxy) is 4. The molecule has 2 amide bonds. The third kappa shape index (κ3) is 9.20. The lowest BCUT2D eigenvalue weighted by Crippen LogP contribution is -2.50. The molecule has 0 radical (unpaired) electrons. The summed E-state index contributed by atoms with van der Waals surface area (Å²) in [6.45, 7) is 15.2. The van der Waals surface area contributed by atoms with E-state index in [0.717, 1.165) is 22.3 Å². The van der Waals surface area contributed by atoms with Crippen LogP contribution in [-0.2, 0) is 42.6 Å². The highest BCUT2D eigenvalue weighted by atomic mass is 28.4. The van der Waals surface area contributed by atoms with Gasteiger partial charge in [0.2, 0.25) is 5.91 Å². The van der Waals surface area contributed by atoms with Crippen LogP contribution in [-0.4, -0.2) is 87.1 Å². The van der Waals surface area contributed by atoms with Gasteiger partial charge in [0.25, 0.3) is 0 Å². The molecule has 52 heavy (non-hydrogen) atoms. The molecule has 2 aliphatic rings. The smallest absolute Gasteiger partial charge is 0.407 e. The Balaban J connectivity index is 1.39. The van der Waals surface area contributed by atoms with Crippen LogP contribution in [0.5, 0.6) is 0 Å². The van der Waals surface area contributed by atoms with E-state index in [-0.39, 0.29) is 48.6 Å². The summed E-state index contributed by atoms with van der Waals surface area (Å²) >= 11 is 0. The first-order valence-corrected chi connectivity index (χ1v) is 20.0. The van der Waals surface area contributed by atoms with E-state index >= 15 is 0 Å². The first-order chi connectivity index (χ1) is 24.6. The predicted octanol–water partition coefficient (Wildman–Crippen LogP) is 5.66. The van der Waals surface area contributed by atoms with Crippen molar-refractivity contribution in [2.45, 2.75) is 121 Å². The molecule has 284 valence electrons. The van der Waals surface area contributed by atoms with Gasteiger partial charge in [0.1, 0.15) is 18.8 Å². The van der Waals surface area contributed by atoms with Crippen molar-refractivity contribution in [3.8, 4) is 11.1 Å². The maximum absolute atomic E-state index is 13.2. The second kappa shape index (κ2) is 17.5. The molecule has 3 N–H and O–H groups in total. The molecule has 1 aliphatic carbocycles. The van der Waals surface area contributed by atoms with Gasteiger partial charge in [-0.3, -0.25) is 14.4 Å². The van der Waals surface area contributed by atoms with Gasteiger partial charge in [0.05, 0.1) is 6.61 Å². The molecule has 13 nitrogen and oxygen atoms in total. The fourth-order valence-corrected chi connectivity index (χ4v) is 13.4. The lowest BCUT2D eigenvalue weighted by Gasteiger charge is -2.42. The number of esters is 2. The van der Waals surface area contributed by atoms with E-state index in [1.165, 1.54) is 13.8 Å². The number of carboxylic acid groups (broad SMARTS) is 1. The second-order valence-electron chi connectivity index (χ2n) is 14.3. The molecule has 0 aromatic heterocycles. The van der Waals surface area contributed by atoms with Crippen LogP contribution in [0.1, 0.15) is 85.3 Å². The molecule has 1 saturated heterocycles. The number of nitrogens with one attached hydrogen (secondary N) is 2. The van der Waals surface area contributed by atoms with Crippen molar-refractivity contribution in [3.63, 3.8) is 0 Å². The molecule has 2 aromatic carbocycles. The van der Waals surface area contributed by atoms with Crippen molar-refractivity contribution in [1.29, 1.82) is 0 Å². The SMILES string of the molecule is CC(=O)O[C@@H]1[C@H](OC(C)=O)[C@@H](CO[Si](C(C)C)(C(C)C)C(C)C)O[C@@H]1NC(=O)CC[C@H](NC(=O)OCC1c2ccccc2-c2ccccc21)C(=O)O. The number of hydrogen-bond donors (Lipinski definition) is 3. The van der Waals surface area contributed by atoms with Crippen molar-refractivity contribution in [2.75, 3.05) is 13.2 Å². The Kier molecular flexibility index (Phi) is 13.6. The standard InChI is InChI=1S/C38H52N2O11Si/c1-21(2)52(22(3)4,23(5)6)48-20-32-34(49-24(7)41)35(50-25(8)42)36(51-32)40-33(43)18-17-31(37(44)45)39-38(46)47-19-30-28-15-11-9-13-26(28)27-14-10-12-16-29(27)30/h9-16,21-23,30-32,34-36H,17-20H2,1-8H3,(H,39,46)(H,40,43)(H,44,45)/t31-,32+,34+,35+,36-/m0/s1. The van der Waals surface area contributed by atoms with Crippen LogP contribution in [0.15, 0.2) is 48.5 Å². The van der Waals surface area contributed by atoms with E-state index < -0.39 is 68.8 Å². The minimum absolute atomic E-state index is 0.00721. The zero-order chi connectivity index (χ0) is 38.3. The van der Waals surface area contributed by atoms with E-state index in [0.29, 0.717) is 0 Å². The largest absolute Gasteiger partial charge is 0.480 e. The van der Waals surface area contributed by atoms with Gasteiger partial charge < -0.3 is 39.1 Å². The first-order valence-electron chi connectivity index (χ1n) is 17.8.